The summed E-state index contributed by atoms with van der Waals surface area (Å²) in [6.07, 6.45) is -1.87. The molecule has 0 unspecified atom stereocenters. The molecule has 0 spiro atoms. The van der Waals surface area contributed by atoms with Gasteiger partial charge in [-0.3, -0.25) is 0 Å². The predicted molar refractivity (Wildman–Crippen MR) is 106 cm³/mol. The number of hydrogen-bond acceptors (Lipinski definition) is 0. The fraction of sp³-hybridized carbons (Fsp3) is 0. The highest BCUT2D eigenvalue weighted by atomic mass is 13.2. The summed E-state index contributed by atoms with van der Waals surface area (Å²) in [4.78, 5) is 0. The lowest BCUT2D eigenvalue weighted by Gasteiger charge is -2.41. The topological polar surface area (TPSA) is 0 Å². The molecule has 0 rings (SSSR count). The monoisotopic (exact) mass is 193 g/mol. The third-order valence-corrected chi connectivity index (χ3v) is 2.44. The molecular weight excluding hydrogens is 184 g/mol. The molecule has 0 N–H and O–H groups in total. The van der Waals surface area contributed by atoms with Gasteiger partial charge in [-0.05, 0) is 86.1 Å². The van der Waals surface area contributed by atoms with E-state index in [1.54, 1.807) is 0 Å². The van der Waals surface area contributed by atoms with E-state index in [1.807, 2.05) is 0 Å². The van der Waals surface area contributed by atoms with Gasteiger partial charge in [-0.1, -0.05) is 21.9 Å². The molecule has 0 aromatic rings. The first-order chi connectivity index (χ1) is 7.73. The third-order valence-electron chi connectivity index (χ3n) is 2.44. The van der Waals surface area contributed by atoms with Gasteiger partial charge in [0.15, 0.2) is 0 Å². The fourth-order valence-corrected chi connectivity index (χ4v) is 1.67. The van der Waals surface area contributed by atoms with Crippen LogP contribution in [-0.4, -0.2) is 121 Å². The molecular formula is H6B17-2. The van der Waals surface area contributed by atoms with Gasteiger partial charge < -0.3 is 0 Å². The van der Waals surface area contributed by atoms with Crippen molar-refractivity contribution in [2.75, 3.05) is 0 Å². The van der Waals surface area contributed by atoms with Crippen LogP contribution in [0.2, 0.25) is 0 Å². The molecule has 0 fully saturated rings. The lowest BCUT2D eigenvalue weighted by molar-refractivity contribution is 3.37. The van der Waals surface area contributed by atoms with Crippen LogP contribution < -0.4 is 0 Å². The summed E-state index contributed by atoms with van der Waals surface area (Å²) in [7, 11) is 43.2. The van der Waals surface area contributed by atoms with Gasteiger partial charge in [-0.15, -0.1) is 6.39 Å². The second-order valence-electron chi connectivity index (χ2n) is 3.66. The predicted octanol–water partition coefficient (Wildman–Crippen LogP) is -8.08. The Bertz CT molecular complexity index is 180. The molecule has 0 saturated heterocycles. The van der Waals surface area contributed by atoms with Crippen LogP contribution in [0.3, 0.4) is 0 Å². The Kier molecular flexibility index (Phi) is 8.85. The molecule has 0 aliphatic heterocycles. The van der Waals surface area contributed by atoms with Crippen LogP contribution in [0.1, 0.15) is 0 Å². The van der Waals surface area contributed by atoms with E-state index < -0.39 is 19.2 Å². The molecule has 0 atom stereocenters. The van der Waals surface area contributed by atoms with Crippen LogP contribution in [0.4, 0.5) is 0 Å². The largest absolute Gasteiger partial charge is 0.161 e. The van der Waals surface area contributed by atoms with Crippen LogP contribution in [0.15, 0.2) is 0 Å². The Balaban J connectivity index is 5.16. The van der Waals surface area contributed by atoms with E-state index in [9.17, 15) is 0 Å². The molecule has 0 bridgehead atoms. The summed E-state index contributed by atoms with van der Waals surface area (Å²) < 4.78 is 0. The van der Waals surface area contributed by atoms with Crippen LogP contribution in [-0.2, 0) is 0 Å². The Labute approximate surface area is 121 Å². The Hall–Kier alpha value is 1.10. The van der Waals surface area contributed by atoms with Gasteiger partial charge in [0.25, 0.3) is 0 Å². The summed E-state index contributed by atoms with van der Waals surface area (Å²) in [6, 6.07) is 0. The zero-order valence-electron chi connectivity index (χ0n) is 8.66. The lowest BCUT2D eigenvalue weighted by atomic mass is 8.43. The van der Waals surface area contributed by atoms with E-state index >= 15 is 0 Å². The van der Waals surface area contributed by atoms with Gasteiger partial charge in [0.05, 0.1) is 0 Å². The SMILES string of the molecule is [B]B([B])B(B([B])[B])B(B([B])[B])B([B][BH3-])B([B])[BH3-]. The third kappa shape index (κ3) is 5.31. The van der Waals surface area contributed by atoms with Crippen molar-refractivity contribution in [2.45, 2.75) is 0 Å². The first-order valence-corrected chi connectivity index (χ1v) is 4.67. The fourth-order valence-electron chi connectivity index (χ4n) is 1.67. The van der Waals surface area contributed by atoms with Gasteiger partial charge >= 0.3 is 0 Å². The van der Waals surface area contributed by atoms with Crippen molar-refractivity contribution in [3.63, 3.8) is 0 Å². The second-order valence-corrected chi connectivity index (χ2v) is 3.66. The van der Waals surface area contributed by atoms with Crippen molar-refractivity contribution >= 4 is 121 Å². The van der Waals surface area contributed by atoms with E-state index in [0.717, 1.165) is 0 Å². The normalized spacial score (nSPS) is 9.06. The Morgan fingerprint density at radius 2 is 1.06 bits per heavy atom. The summed E-state index contributed by atoms with van der Waals surface area (Å²) in [5.74, 6) is 0. The van der Waals surface area contributed by atoms with E-state index in [1.165, 1.54) is 0 Å². The number of rotatable bonds is 7. The molecule has 0 aromatic heterocycles. The molecule has 17 heavy (non-hydrogen) atoms. The summed E-state index contributed by atoms with van der Waals surface area (Å²) >= 11 is 0. The van der Waals surface area contributed by atoms with Crippen LogP contribution in [0.5, 0.6) is 0 Å². The van der Waals surface area contributed by atoms with E-state index in [2.05, 4.69) is 7.06 Å². The van der Waals surface area contributed by atoms with Crippen molar-refractivity contribution < 1.29 is 0 Å². The maximum absolute atomic E-state index is 6.07. The smallest absolute Gasteiger partial charge is 0.0000000251 e. The summed E-state index contributed by atoms with van der Waals surface area (Å²) in [6.45, 7) is 0. The van der Waals surface area contributed by atoms with E-state index in [0.29, 0.717) is 0 Å². The molecule has 0 heterocycles. The molecule has 0 nitrogen and oxygen atoms in total. The van der Waals surface area contributed by atoms with Crippen molar-refractivity contribution in [1.29, 1.82) is 0 Å². The zero-order valence-corrected chi connectivity index (χ0v) is 8.66. The first-order valence-electron chi connectivity index (χ1n) is 4.67. The molecule has 17 heteroatoms. The van der Waals surface area contributed by atoms with Crippen molar-refractivity contribution in [3.05, 3.63) is 0 Å². The maximum Gasteiger partial charge on any atom is -0.0000000251 e. The minimum absolute atomic E-state index is 0.00621. The highest BCUT2D eigenvalue weighted by Crippen LogP contribution is 2.01. The zero-order chi connectivity index (χ0) is 13.7. The van der Waals surface area contributed by atoms with E-state index in [-0.39, 0.29) is 41.0 Å². The van der Waals surface area contributed by atoms with Gasteiger partial charge in [-0.2, -0.15) is 7.06 Å². The molecule has 0 amide bonds. The van der Waals surface area contributed by atoms with E-state index in [4.69, 9.17) is 54.2 Å². The number of hydrogen-bond donors (Lipinski definition) is 0. The molecule has 59 valence electrons. The van der Waals surface area contributed by atoms with Crippen molar-refractivity contribution in [3.8, 4) is 0 Å². The quantitative estimate of drug-likeness (QED) is 0.350. The molecule has 0 aliphatic rings. The average Bonchev–Trinajstić information content (AvgIpc) is 2.15. The van der Waals surface area contributed by atoms with Crippen molar-refractivity contribution in [1.82, 2.24) is 0 Å². The Morgan fingerprint density at radius 1 is 0.706 bits per heavy atom. The first kappa shape index (κ1) is 18.1. The molecule has 0 aliphatic carbocycles. The van der Waals surface area contributed by atoms with Gasteiger partial charge in [0.2, 0.25) is 0 Å². The van der Waals surface area contributed by atoms with Gasteiger partial charge in [0.1, 0.15) is 0 Å². The minimum Gasteiger partial charge on any atom is -0.161 e. The minimum atomic E-state index is -0.629. The summed E-state index contributed by atoms with van der Waals surface area (Å²) in [5, 5.41) is 0. The maximum atomic E-state index is 6.07. The second kappa shape index (κ2) is 8.31. The Morgan fingerprint density at radius 3 is 1.24 bits per heavy atom. The van der Waals surface area contributed by atoms with Gasteiger partial charge in [-0.25, -0.2) is 0 Å². The van der Waals surface area contributed by atoms with Crippen LogP contribution in [0, 0.1) is 0 Å². The lowest BCUT2D eigenvalue weighted by Crippen LogP contribution is -2.76. The van der Waals surface area contributed by atoms with Gasteiger partial charge in [0, 0.05) is 0 Å². The summed E-state index contributed by atoms with van der Waals surface area (Å²) in [5.41, 5.74) is 0. The standard InChI is InChI=1S/B17H6/c1-10-15(11(2)3)17(14(8)9)16(12(4)5)13(6)7/h1-2H3/q-2. The van der Waals surface area contributed by atoms with Crippen LogP contribution >= 0.6 is 0 Å². The van der Waals surface area contributed by atoms with Crippen molar-refractivity contribution in [2.24, 2.45) is 0 Å². The molecule has 0 saturated carbocycles. The molecule has 0 aromatic carbocycles. The highest BCUT2D eigenvalue weighted by molar-refractivity contribution is 8.15. The highest BCUT2D eigenvalue weighted by Gasteiger charge is 2.37. The van der Waals surface area contributed by atoms with Crippen LogP contribution in [0.25, 0.3) is 0 Å². The molecule has 15 radical (unpaired) electrons. The average molecular weight is 190 g/mol.